The molecule has 0 saturated carbocycles. The molecule has 4 rings (SSSR count). The molecular formula is C17H12F2N4OS. The van der Waals surface area contributed by atoms with E-state index in [4.69, 9.17) is 0 Å². The first-order valence-electron chi connectivity index (χ1n) is 7.44. The highest BCUT2D eigenvalue weighted by molar-refractivity contribution is 7.16. The third-order valence-electron chi connectivity index (χ3n) is 3.87. The Morgan fingerprint density at radius 2 is 2.08 bits per heavy atom. The molecule has 0 bridgehead atoms. The average molecular weight is 358 g/mol. The molecule has 4 aromatic rings. The molecule has 8 heteroatoms. The molecule has 2 heterocycles. The van der Waals surface area contributed by atoms with Crippen LogP contribution in [0.25, 0.3) is 21.3 Å². The molecule has 0 aliphatic carbocycles. The summed E-state index contributed by atoms with van der Waals surface area (Å²) in [4.78, 5) is 23.5. The summed E-state index contributed by atoms with van der Waals surface area (Å²) in [7, 11) is 1.85. The van der Waals surface area contributed by atoms with Gasteiger partial charge < -0.3 is 9.55 Å². The highest BCUT2D eigenvalue weighted by Gasteiger charge is 2.14. The van der Waals surface area contributed by atoms with Gasteiger partial charge in [-0.05, 0) is 30.3 Å². The summed E-state index contributed by atoms with van der Waals surface area (Å²) < 4.78 is 28.3. The Bertz CT molecular complexity index is 1170. The lowest BCUT2D eigenvalue weighted by molar-refractivity contribution is 0.0998. The molecule has 0 unspecified atom stereocenters. The van der Waals surface area contributed by atoms with E-state index >= 15 is 0 Å². The molecule has 0 aliphatic heterocycles. The summed E-state index contributed by atoms with van der Waals surface area (Å²) >= 11 is 1.41. The minimum absolute atomic E-state index is 0.314. The lowest BCUT2D eigenvalue weighted by Gasteiger charge is -1.96. The highest BCUT2D eigenvalue weighted by Crippen LogP contribution is 2.21. The minimum atomic E-state index is -2.69. The van der Waals surface area contributed by atoms with E-state index in [1.54, 1.807) is 0 Å². The van der Waals surface area contributed by atoms with Crippen molar-refractivity contribution in [3.05, 3.63) is 58.7 Å². The molecule has 126 valence electrons. The fraction of sp³-hybridized carbons (Fsp3) is 0.118. The van der Waals surface area contributed by atoms with Gasteiger partial charge in [-0.25, -0.2) is 13.8 Å². The minimum Gasteiger partial charge on any atom is -0.337 e. The van der Waals surface area contributed by atoms with Crippen molar-refractivity contribution in [3.8, 4) is 0 Å². The summed E-state index contributed by atoms with van der Waals surface area (Å²) in [6.07, 6.45) is -2.69. The summed E-state index contributed by atoms with van der Waals surface area (Å²) in [5.41, 5.74) is 2.08. The van der Waals surface area contributed by atoms with Crippen LogP contribution in [0.3, 0.4) is 0 Å². The number of hydrogen-bond donors (Lipinski definition) is 1. The van der Waals surface area contributed by atoms with Crippen molar-refractivity contribution in [2.75, 3.05) is 0 Å². The lowest BCUT2D eigenvalue weighted by atomic mass is 10.2. The largest absolute Gasteiger partial charge is 0.337 e. The number of amides is 1. The van der Waals surface area contributed by atoms with Crippen molar-refractivity contribution in [1.29, 1.82) is 0 Å². The third kappa shape index (κ3) is 2.74. The molecule has 2 aromatic carbocycles. The van der Waals surface area contributed by atoms with Crippen LogP contribution in [0.5, 0.6) is 0 Å². The molecule has 0 fully saturated rings. The zero-order chi connectivity index (χ0) is 17.6. The molecule has 0 radical (unpaired) electrons. The number of halogens is 2. The molecule has 1 N–H and O–H groups in total. The topological polar surface area (TPSA) is 63.0 Å². The fourth-order valence-corrected chi connectivity index (χ4v) is 3.62. The van der Waals surface area contributed by atoms with E-state index in [1.165, 1.54) is 29.5 Å². The number of carbonyl (C=O) groups excluding carboxylic acids is 1. The Kier molecular flexibility index (Phi) is 3.69. The number of carbonyl (C=O) groups is 1. The van der Waals surface area contributed by atoms with E-state index in [0.717, 1.165) is 10.2 Å². The van der Waals surface area contributed by atoms with Crippen molar-refractivity contribution in [3.63, 3.8) is 0 Å². The average Bonchev–Trinajstić information content (AvgIpc) is 3.16. The van der Waals surface area contributed by atoms with Crippen LogP contribution in [0, 0.1) is 0 Å². The van der Waals surface area contributed by atoms with Gasteiger partial charge in [0.1, 0.15) is 0 Å². The number of rotatable bonds is 2. The second-order valence-electron chi connectivity index (χ2n) is 5.48. The van der Waals surface area contributed by atoms with E-state index < -0.39 is 18.2 Å². The van der Waals surface area contributed by atoms with Gasteiger partial charge in [-0.15, -0.1) is 0 Å². The number of nitrogens with one attached hydrogen (secondary N) is 1. The van der Waals surface area contributed by atoms with E-state index in [1.807, 2.05) is 35.9 Å². The number of fused-ring (bicyclic) bond motifs is 2. The van der Waals surface area contributed by atoms with Gasteiger partial charge in [-0.1, -0.05) is 23.5 Å². The first-order valence-corrected chi connectivity index (χ1v) is 8.26. The number of hydrogen-bond acceptors (Lipinski definition) is 3. The van der Waals surface area contributed by atoms with Crippen molar-refractivity contribution in [2.24, 2.45) is 12.0 Å². The monoisotopic (exact) mass is 358 g/mol. The maximum atomic E-state index is 12.7. The number of H-pyrrole nitrogens is 1. The number of imidazole rings is 1. The molecule has 0 spiro atoms. The smallest absolute Gasteiger partial charge is 0.295 e. The van der Waals surface area contributed by atoms with E-state index in [-0.39, 0.29) is 0 Å². The summed E-state index contributed by atoms with van der Waals surface area (Å²) in [6.45, 7) is 0. The van der Waals surface area contributed by atoms with Gasteiger partial charge in [0.25, 0.3) is 12.3 Å². The van der Waals surface area contributed by atoms with Gasteiger partial charge in [-0.2, -0.15) is 4.99 Å². The molecule has 1 amide bonds. The van der Waals surface area contributed by atoms with Gasteiger partial charge in [0.2, 0.25) is 0 Å². The molecular weight excluding hydrogens is 346 g/mol. The third-order valence-corrected chi connectivity index (χ3v) is 4.98. The number of para-hydroxylation sites is 1. The molecule has 25 heavy (non-hydrogen) atoms. The predicted molar refractivity (Wildman–Crippen MR) is 91.7 cm³/mol. The number of alkyl halides is 2. The van der Waals surface area contributed by atoms with Crippen LogP contribution in [-0.4, -0.2) is 20.4 Å². The summed E-state index contributed by atoms with van der Waals surface area (Å²) in [5.74, 6) is -0.843. The van der Waals surface area contributed by atoms with Crippen LogP contribution >= 0.6 is 11.3 Å². The maximum Gasteiger partial charge on any atom is 0.295 e. The second kappa shape index (κ2) is 5.89. The summed E-state index contributed by atoms with van der Waals surface area (Å²) in [5, 5.41) is 0. The zero-order valence-electron chi connectivity index (χ0n) is 13.0. The first kappa shape index (κ1) is 15.6. The Labute approximate surface area is 144 Å². The molecule has 0 saturated heterocycles. The predicted octanol–water partition coefficient (Wildman–Crippen LogP) is 3.79. The Hall–Kier alpha value is -2.87. The molecule has 0 atom stereocenters. The molecule has 2 aromatic heterocycles. The van der Waals surface area contributed by atoms with E-state index in [0.29, 0.717) is 21.4 Å². The Balaban J connectivity index is 1.77. The second-order valence-corrected chi connectivity index (χ2v) is 6.49. The van der Waals surface area contributed by atoms with Crippen molar-refractivity contribution < 1.29 is 13.6 Å². The van der Waals surface area contributed by atoms with Gasteiger partial charge >= 0.3 is 0 Å². The van der Waals surface area contributed by atoms with Crippen LogP contribution in [0.2, 0.25) is 0 Å². The normalized spacial score (nSPS) is 12.6. The maximum absolute atomic E-state index is 12.7. The SMILES string of the molecule is Cn1c(=NC(=O)c2ccc3nc(C(F)F)[nH]c3c2)sc2ccccc21. The number of thiazole rings is 1. The fourth-order valence-electron chi connectivity index (χ4n) is 2.61. The zero-order valence-corrected chi connectivity index (χ0v) is 13.8. The first-order chi connectivity index (χ1) is 12.0. The Morgan fingerprint density at radius 3 is 2.84 bits per heavy atom. The van der Waals surface area contributed by atoms with Crippen molar-refractivity contribution in [2.45, 2.75) is 6.43 Å². The van der Waals surface area contributed by atoms with Gasteiger partial charge in [0.15, 0.2) is 10.6 Å². The number of nitrogens with zero attached hydrogens (tertiary/aromatic N) is 3. The van der Waals surface area contributed by atoms with Crippen LogP contribution in [0.1, 0.15) is 22.6 Å². The van der Waals surface area contributed by atoms with Gasteiger partial charge in [0, 0.05) is 12.6 Å². The van der Waals surface area contributed by atoms with Crippen LogP contribution in [0.4, 0.5) is 8.78 Å². The number of aromatic amines is 1. The number of benzene rings is 2. The van der Waals surface area contributed by atoms with E-state index in [2.05, 4.69) is 15.0 Å². The Morgan fingerprint density at radius 1 is 1.28 bits per heavy atom. The van der Waals surface area contributed by atoms with Crippen LogP contribution in [-0.2, 0) is 7.05 Å². The number of aromatic nitrogens is 3. The lowest BCUT2D eigenvalue weighted by Crippen LogP contribution is -2.13. The standard InChI is InChI=1S/C17H12F2N4OS/c1-23-12-4-2-3-5-13(12)25-17(23)22-16(24)9-6-7-10-11(8-9)21-15(20-10)14(18)19/h2-8,14H,1H3,(H,20,21). The molecule has 0 aliphatic rings. The highest BCUT2D eigenvalue weighted by atomic mass is 32.1. The quantitative estimate of drug-likeness (QED) is 0.592. The van der Waals surface area contributed by atoms with Gasteiger partial charge in [0.05, 0.1) is 21.3 Å². The summed E-state index contributed by atoms with van der Waals surface area (Å²) in [6, 6.07) is 12.3. The number of aryl methyl sites for hydroxylation is 1. The van der Waals surface area contributed by atoms with Crippen molar-refractivity contribution in [1.82, 2.24) is 14.5 Å². The van der Waals surface area contributed by atoms with Crippen molar-refractivity contribution >= 4 is 38.5 Å². The molecule has 5 nitrogen and oxygen atoms in total. The van der Waals surface area contributed by atoms with Crippen LogP contribution in [0.15, 0.2) is 47.5 Å². The van der Waals surface area contributed by atoms with E-state index in [9.17, 15) is 13.6 Å². The van der Waals surface area contributed by atoms with Gasteiger partial charge in [-0.3, -0.25) is 4.79 Å². The van der Waals surface area contributed by atoms with Crippen LogP contribution < -0.4 is 4.80 Å².